The van der Waals surface area contributed by atoms with Crippen molar-refractivity contribution in [1.82, 2.24) is 20.2 Å². The van der Waals surface area contributed by atoms with Gasteiger partial charge in [-0.15, -0.1) is 0 Å². The van der Waals surface area contributed by atoms with Crippen LogP contribution in [0.2, 0.25) is 0 Å². The third kappa shape index (κ3) is 7.38. The molecule has 2 N–H and O–H groups in total. The van der Waals surface area contributed by atoms with Gasteiger partial charge in [0.05, 0.1) is 18.6 Å². The number of benzene rings is 1. The molecule has 1 aromatic carbocycles. The molecule has 0 unspecified atom stereocenters. The standard InChI is InChI=1S/C20H30FN5O/c1-3-5-12-27-13-6-9-24-20(23-4-2)25-15-17-7-8-19(18(21)14-17)26-11-10-22-16-26/h7-8,10-11,14,16H,3-6,9,12-13,15H2,1-2H3,(H2,23,24,25). The first kappa shape index (κ1) is 20.9. The highest BCUT2D eigenvalue weighted by Gasteiger charge is 2.05. The third-order valence-electron chi connectivity index (χ3n) is 3.96. The summed E-state index contributed by atoms with van der Waals surface area (Å²) in [5.74, 6) is 0.438. The van der Waals surface area contributed by atoms with Gasteiger partial charge in [0.25, 0.3) is 0 Å². The number of aromatic nitrogens is 2. The quantitative estimate of drug-likeness (QED) is 0.359. The van der Waals surface area contributed by atoms with Crippen LogP contribution >= 0.6 is 0 Å². The number of hydrogen-bond donors (Lipinski definition) is 2. The summed E-state index contributed by atoms with van der Waals surface area (Å²) in [6.07, 6.45) is 8.10. The van der Waals surface area contributed by atoms with Crippen molar-refractivity contribution in [2.45, 2.75) is 39.7 Å². The van der Waals surface area contributed by atoms with Gasteiger partial charge in [0, 0.05) is 38.7 Å². The van der Waals surface area contributed by atoms with Crippen LogP contribution in [0.15, 0.2) is 41.9 Å². The summed E-state index contributed by atoms with van der Waals surface area (Å²) in [6.45, 7) is 7.70. The Morgan fingerprint density at radius 3 is 2.78 bits per heavy atom. The zero-order chi connectivity index (χ0) is 19.3. The molecule has 2 aromatic rings. The maximum atomic E-state index is 14.3. The molecule has 1 aromatic heterocycles. The number of guanidine groups is 1. The summed E-state index contributed by atoms with van der Waals surface area (Å²) < 4.78 is 21.5. The van der Waals surface area contributed by atoms with Crippen molar-refractivity contribution in [3.8, 4) is 5.69 Å². The van der Waals surface area contributed by atoms with E-state index in [1.165, 1.54) is 6.07 Å². The SMILES string of the molecule is CCCCOCCCNC(=NCc1ccc(-n2ccnc2)c(F)c1)NCC. The Bertz CT molecular complexity index is 688. The van der Waals surface area contributed by atoms with Gasteiger partial charge >= 0.3 is 0 Å². The van der Waals surface area contributed by atoms with Crippen LogP contribution in [-0.2, 0) is 11.3 Å². The number of unbranched alkanes of at least 4 members (excludes halogenated alkanes) is 1. The largest absolute Gasteiger partial charge is 0.381 e. The van der Waals surface area contributed by atoms with Gasteiger partial charge in [-0.1, -0.05) is 19.4 Å². The van der Waals surface area contributed by atoms with Crippen molar-refractivity contribution in [3.63, 3.8) is 0 Å². The van der Waals surface area contributed by atoms with Crippen molar-refractivity contribution >= 4 is 5.96 Å². The van der Waals surface area contributed by atoms with Crippen LogP contribution in [-0.4, -0.2) is 41.8 Å². The van der Waals surface area contributed by atoms with Crippen molar-refractivity contribution in [1.29, 1.82) is 0 Å². The lowest BCUT2D eigenvalue weighted by atomic mass is 10.2. The van der Waals surface area contributed by atoms with Gasteiger partial charge in [-0.2, -0.15) is 0 Å². The van der Waals surface area contributed by atoms with Crippen LogP contribution in [0.4, 0.5) is 4.39 Å². The van der Waals surface area contributed by atoms with Crippen LogP contribution in [0.25, 0.3) is 5.69 Å². The van der Waals surface area contributed by atoms with Crippen molar-refractivity contribution in [2.24, 2.45) is 4.99 Å². The van der Waals surface area contributed by atoms with Crippen LogP contribution in [0.5, 0.6) is 0 Å². The second kappa shape index (κ2) is 12.1. The first-order chi connectivity index (χ1) is 13.2. The molecule has 0 saturated heterocycles. The Kier molecular flexibility index (Phi) is 9.34. The Morgan fingerprint density at radius 2 is 2.07 bits per heavy atom. The Morgan fingerprint density at radius 1 is 1.22 bits per heavy atom. The van der Waals surface area contributed by atoms with Crippen LogP contribution in [0.3, 0.4) is 0 Å². The van der Waals surface area contributed by atoms with E-state index in [1.807, 2.05) is 13.0 Å². The van der Waals surface area contributed by atoms with Crippen molar-refractivity contribution in [2.75, 3.05) is 26.3 Å². The highest BCUT2D eigenvalue weighted by atomic mass is 19.1. The first-order valence-electron chi connectivity index (χ1n) is 9.61. The molecule has 1 heterocycles. The van der Waals surface area contributed by atoms with Crippen LogP contribution < -0.4 is 10.6 Å². The Balaban J connectivity index is 1.84. The number of halogens is 1. The molecule has 0 fully saturated rings. The molecular formula is C20H30FN5O. The van der Waals surface area contributed by atoms with Gasteiger partial charge in [-0.3, -0.25) is 0 Å². The summed E-state index contributed by atoms with van der Waals surface area (Å²) in [5, 5.41) is 6.49. The van der Waals surface area contributed by atoms with E-state index in [-0.39, 0.29) is 5.82 Å². The van der Waals surface area contributed by atoms with E-state index in [0.717, 1.165) is 57.1 Å². The second-order valence-electron chi connectivity index (χ2n) is 6.20. The number of imidazole rings is 1. The number of nitrogens with one attached hydrogen (secondary N) is 2. The normalized spacial score (nSPS) is 11.6. The van der Waals surface area contributed by atoms with E-state index in [2.05, 4.69) is 27.5 Å². The number of hydrogen-bond acceptors (Lipinski definition) is 3. The van der Waals surface area contributed by atoms with E-state index < -0.39 is 0 Å². The summed E-state index contributed by atoms with van der Waals surface area (Å²) in [6, 6.07) is 5.15. The van der Waals surface area contributed by atoms with Gasteiger partial charge < -0.3 is 19.9 Å². The molecule has 7 heteroatoms. The Labute approximate surface area is 160 Å². The lowest BCUT2D eigenvalue weighted by Crippen LogP contribution is -2.38. The fourth-order valence-corrected chi connectivity index (χ4v) is 2.50. The van der Waals surface area contributed by atoms with Crippen LogP contribution in [0, 0.1) is 5.82 Å². The molecule has 0 bridgehead atoms. The number of ether oxygens (including phenoxy) is 1. The smallest absolute Gasteiger partial charge is 0.191 e. The molecular weight excluding hydrogens is 345 g/mol. The molecule has 0 radical (unpaired) electrons. The van der Waals surface area contributed by atoms with Gasteiger partial charge in [0.1, 0.15) is 5.82 Å². The summed E-state index contributed by atoms with van der Waals surface area (Å²) >= 11 is 0. The molecule has 0 spiro atoms. The zero-order valence-electron chi connectivity index (χ0n) is 16.2. The predicted molar refractivity (Wildman–Crippen MR) is 107 cm³/mol. The molecule has 6 nitrogen and oxygen atoms in total. The number of rotatable bonds is 11. The van der Waals surface area contributed by atoms with Crippen molar-refractivity contribution in [3.05, 3.63) is 48.3 Å². The van der Waals surface area contributed by atoms with Gasteiger partial charge in [-0.05, 0) is 37.5 Å². The molecule has 0 aliphatic heterocycles. The fraction of sp³-hybridized carbons (Fsp3) is 0.500. The molecule has 148 valence electrons. The number of nitrogens with zero attached hydrogens (tertiary/aromatic N) is 3. The molecule has 0 atom stereocenters. The molecule has 27 heavy (non-hydrogen) atoms. The summed E-state index contributed by atoms with van der Waals surface area (Å²) in [4.78, 5) is 8.48. The second-order valence-corrected chi connectivity index (χ2v) is 6.20. The monoisotopic (exact) mass is 375 g/mol. The summed E-state index contributed by atoms with van der Waals surface area (Å²) in [7, 11) is 0. The average molecular weight is 375 g/mol. The number of aliphatic imine (C=N–C) groups is 1. The minimum absolute atomic E-state index is 0.289. The van der Waals surface area contributed by atoms with Gasteiger partial charge in [0.15, 0.2) is 5.96 Å². The minimum Gasteiger partial charge on any atom is -0.381 e. The minimum atomic E-state index is -0.289. The molecule has 0 aliphatic carbocycles. The molecule has 0 saturated carbocycles. The maximum Gasteiger partial charge on any atom is 0.191 e. The van der Waals surface area contributed by atoms with E-state index in [0.29, 0.717) is 12.2 Å². The van der Waals surface area contributed by atoms with Crippen molar-refractivity contribution < 1.29 is 9.13 Å². The lowest BCUT2D eigenvalue weighted by molar-refractivity contribution is 0.129. The third-order valence-corrected chi connectivity index (χ3v) is 3.96. The molecule has 0 amide bonds. The van der Waals surface area contributed by atoms with Crippen LogP contribution in [0.1, 0.15) is 38.7 Å². The zero-order valence-corrected chi connectivity index (χ0v) is 16.2. The molecule has 2 rings (SSSR count). The highest BCUT2D eigenvalue weighted by molar-refractivity contribution is 5.79. The fourth-order valence-electron chi connectivity index (χ4n) is 2.50. The van der Waals surface area contributed by atoms with Gasteiger partial charge in [0.2, 0.25) is 0 Å². The van der Waals surface area contributed by atoms with E-state index in [9.17, 15) is 4.39 Å². The maximum absolute atomic E-state index is 14.3. The van der Waals surface area contributed by atoms with E-state index in [1.54, 1.807) is 29.4 Å². The lowest BCUT2D eigenvalue weighted by Gasteiger charge is -2.12. The predicted octanol–water partition coefficient (Wildman–Crippen LogP) is 3.27. The average Bonchev–Trinajstić information content (AvgIpc) is 3.19. The highest BCUT2D eigenvalue weighted by Crippen LogP contribution is 2.15. The first-order valence-corrected chi connectivity index (χ1v) is 9.61. The van der Waals surface area contributed by atoms with Gasteiger partial charge in [-0.25, -0.2) is 14.4 Å². The van der Waals surface area contributed by atoms with E-state index >= 15 is 0 Å². The molecule has 0 aliphatic rings. The van der Waals surface area contributed by atoms with E-state index in [4.69, 9.17) is 4.74 Å². The Hall–Kier alpha value is -2.41. The summed E-state index contributed by atoms with van der Waals surface area (Å²) in [5.41, 5.74) is 1.30. The topological polar surface area (TPSA) is 63.5 Å².